The second-order valence-electron chi connectivity index (χ2n) is 5.17. The highest BCUT2D eigenvalue weighted by molar-refractivity contribution is 5.78. The predicted molar refractivity (Wildman–Crippen MR) is 62.7 cm³/mol. The highest BCUT2D eigenvalue weighted by Crippen LogP contribution is 2.11. The van der Waals surface area contributed by atoms with Gasteiger partial charge in [-0.1, -0.05) is 27.7 Å². The lowest BCUT2D eigenvalue weighted by atomic mass is 10.0. The van der Waals surface area contributed by atoms with Gasteiger partial charge in [0.1, 0.15) is 0 Å². The van der Waals surface area contributed by atoms with Crippen molar-refractivity contribution in [3.8, 4) is 0 Å². The van der Waals surface area contributed by atoms with Crippen molar-refractivity contribution in [3.63, 3.8) is 0 Å². The fourth-order valence-corrected chi connectivity index (χ4v) is 1.61. The van der Waals surface area contributed by atoms with E-state index < -0.39 is 0 Å². The summed E-state index contributed by atoms with van der Waals surface area (Å²) in [4.78, 5) is 14.0. The molecule has 0 unspecified atom stereocenters. The number of nitrogens with zero attached hydrogens (tertiary/aromatic N) is 1. The van der Waals surface area contributed by atoms with Crippen LogP contribution in [0.5, 0.6) is 0 Å². The van der Waals surface area contributed by atoms with Crippen LogP contribution < -0.4 is 5.32 Å². The van der Waals surface area contributed by atoms with E-state index in [0.29, 0.717) is 12.0 Å². The van der Waals surface area contributed by atoms with Gasteiger partial charge in [-0.25, -0.2) is 0 Å². The lowest BCUT2D eigenvalue weighted by Crippen LogP contribution is -2.51. The molecule has 1 amide bonds. The van der Waals surface area contributed by atoms with Crippen LogP contribution in [-0.2, 0) is 4.79 Å². The minimum absolute atomic E-state index is 0.0858. The topological polar surface area (TPSA) is 32.3 Å². The van der Waals surface area contributed by atoms with Gasteiger partial charge in [0.25, 0.3) is 0 Å². The molecule has 1 heterocycles. The summed E-state index contributed by atoms with van der Waals surface area (Å²) in [6.45, 7) is 11.6. The first kappa shape index (κ1) is 12.5. The summed E-state index contributed by atoms with van der Waals surface area (Å²) < 4.78 is 0. The Labute approximate surface area is 93.2 Å². The standard InChI is InChI=1S/C12H24N2O/c1-9(2)11(8-14-6-5-7-14)13-12(15)10(3)4/h9-11H,5-8H2,1-4H3,(H,13,15)/t11-/m0/s1. The number of amides is 1. The maximum Gasteiger partial charge on any atom is 0.222 e. The summed E-state index contributed by atoms with van der Waals surface area (Å²) in [6, 6.07) is 0.306. The zero-order chi connectivity index (χ0) is 11.4. The maximum atomic E-state index is 11.6. The van der Waals surface area contributed by atoms with Crippen LogP contribution in [0.1, 0.15) is 34.1 Å². The summed E-state index contributed by atoms with van der Waals surface area (Å²) in [5.74, 6) is 0.769. The monoisotopic (exact) mass is 212 g/mol. The van der Waals surface area contributed by atoms with Crippen LogP contribution in [0.2, 0.25) is 0 Å². The van der Waals surface area contributed by atoms with Gasteiger partial charge < -0.3 is 10.2 Å². The Balaban J connectivity index is 2.38. The molecule has 0 bridgehead atoms. The van der Waals surface area contributed by atoms with Gasteiger partial charge in [-0.15, -0.1) is 0 Å². The Morgan fingerprint density at radius 2 is 1.87 bits per heavy atom. The first-order valence-electron chi connectivity index (χ1n) is 6.03. The molecule has 15 heavy (non-hydrogen) atoms. The Hall–Kier alpha value is -0.570. The molecule has 0 spiro atoms. The first-order valence-corrected chi connectivity index (χ1v) is 6.03. The van der Waals surface area contributed by atoms with Crippen molar-refractivity contribution >= 4 is 5.91 Å². The third-order valence-electron chi connectivity index (χ3n) is 3.06. The third kappa shape index (κ3) is 3.82. The van der Waals surface area contributed by atoms with E-state index >= 15 is 0 Å². The van der Waals surface area contributed by atoms with E-state index in [1.54, 1.807) is 0 Å². The molecule has 88 valence electrons. The molecule has 0 radical (unpaired) electrons. The Morgan fingerprint density at radius 3 is 2.20 bits per heavy atom. The zero-order valence-electron chi connectivity index (χ0n) is 10.4. The first-order chi connectivity index (χ1) is 7.00. The summed E-state index contributed by atoms with van der Waals surface area (Å²) in [5.41, 5.74) is 0. The van der Waals surface area contributed by atoms with E-state index in [1.165, 1.54) is 19.5 Å². The molecule has 0 aliphatic carbocycles. The molecular weight excluding hydrogens is 188 g/mol. The SMILES string of the molecule is CC(C)C(=O)N[C@@H](CN1CCC1)C(C)C. The molecule has 0 aromatic rings. The number of nitrogens with one attached hydrogen (secondary N) is 1. The maximum absolute atomic E-state index is 11.6. The quantitative estimate of drug-likeness (QED) is 0.749. The molecule has 0 aromatic heterocycles. The fourth-order valence-electron chi connectivity index (χ4n) is 1.61. The van der Waals surface area contributed by atoms with E-state index in [1.807, 2.05) is 13.8 Å². The zero-order valence-corrected chi connectivity index (χ0v) is 10.4. The van der Waals surface area contributed by atoms with E-state index in [2.05, 4.69) is 24.1 Å². The molecule has 3 heteroatoms. The van der Waals surface area contributed by atoms with Crippen molar-refractivity contribution in [2.45, 2.75) is 40.2 Å². The van der Waals surface area contributed by atoms with Gasteiger partial charge in [-0.2, -0.15) is 0 Å². The van der Waals surface area contributed by atoms with Crippen molar-refractivity contribution in [1.82, 2.24) is 10.2 Å². The van der Waals surface area contributed by atoms with Crippen LogP contribution >= 0.6 is 0 Å². The summed E-state index contributed by atoms with van der Waals surface area (Å²) in [6.07, 6.45) is 1.31. The van der Waals surface area contributed by atoms with Crippen molar-refractivity contribution in [2.24, 2.45) is 11.8 Å². The van der Waals surface area contributed by atoms with Crippen LogP contribution in [0.25, 0.3) is 0 Å². The Bertz CT molecular complexity index is 210. The van der Waals surface area contributed by atoms with Gasteiger partial charge in [-0.3, -0.25) is 4.79 Å². The number of hydrogen-bond donors (Lipinski definition) is 1. The van der Waals surface area contributed by atoms with Crippen LogP contribution in [-0.4, -0.2) is 36.5 Å². The lowest BCUT2D eigenvalue weighted by Gasteiger charge is -2.36. The van der Waals surface area contributed by atoms with Crippen molar-refractivity contribution < 1.29 is 4.79 Å². The average molecular weight is 212 g/mol. The molecule has 1 aliphatic rings. The average Bonchev–Trinajstić information content (AvgIpc) is 2.07. The lowest BCUT2D eigenvalue weighted by molar-refractivity contribution is -0.125. The molecule has 1 atom stereocenters. The normalized spacial score (nSPS) is 19.1. The van der Waals surface area contributed by atoms with Crippen LogP contribution in [0.4, 0.5) is 0 Å². The molecular formula is C12H24N2O. The second-order valence-corrected chi connectivity index (χ2v) is 5.17. The Morgan fingerprint density at radius 1 is 1.27 bits per heavy atom. The molecule has 0 aromatic carbocycles. The van der Waals surface area contributed by atoms with E-state index in [0.717, 1.165) is 6.54 Å². The number of hydrogen-bond acceptors (Lipinski definition) is 2. The summed E-state index contributed by atoms with van der Waals surface area (Å²) >= 11 is 0. The van der Waals surface area contributed by atoms with E-state index in [-0.39, 0.29) is 11.8 Å². The van der Waals surface area contributed by atoms with Gasteiger partial charge in [0.05, 0.1) is 0 Å². The molecule has 1 rings (SSSR count). The molecule has 0 saturated carbocycles. The molecule has 1 aliphatic heterocycles. The summed E-state index contributed by atoms with van der Waals surface area (Å²) in [7, 11) is 0. The molecule has 3 nitrogen and oxygen atoms in total. The predicted octanol–water partition coefficient (Wildman–Crippen LogP) is 1.49. The second kappa shape index (κ2) is 5.50. The van der Waals surface area contributed by atoms with Crippen LogP contribution in [0.3, 0.4) is 0 Å². The number of carbonyl (C=O) groups excluding carboxylic acids is 1. The van der Waals surface area contributed by atoms with Gasteiger partial charge in [0, 0.05) is 18.5 Å². The molecule has 1 N–H and O–H groups in total. The minimum atomic E-state index is 0.0858. The smallest absolute Gasteiger partial charge is 0.222 e. The number of likely N-dealkylation sites (tertiary alicyclic amines) is 1. The van der Waals surface area contributed by atoms with Gasteiger partial charge >= 0.3 is 0 Å². The van der Waals surface area contributed by atoms with Gasteiger partial charge in [0.2, 0.25) is 5.91 Å². The summed E-state index contributed by atoms with van der Waals surface area (Å²) in [5, 5.41) is 3.13. The third-order valence-corrected chi connectivity index (χ3v) is 3.06. The fraction of sp³-hybridized carbons (Fsp3) is 0.917. The minimum Gasteiger partial charge on any atom is -0.352 e. The van der Waals surface area contributed by atoms with Crippen LogP contribution in [0, 0.1) is 11.8 Å². The van der Waals surface area contributed by atoms with Crippen LogP contribution in [0.15, 0.2) is 0 Å². The largest absolute Gasteiger partial charge is 0.352 e. The molecule has 1 fully saturated rings. The van der Waals surface area contributed by atoms with Gasteiger partial charge in [-0.05, 0) is 25.4 Å². The number of rotatable bonds is 5. The Kier molecular flexibility index (Phi) is 4.58. The van der Waals surface area contributed by atoms with E-state index in [9.17, 15) is 4.79 Å². The van der Waals surface area contributed by atoms with E-state index in [4.69, 9.17) is 0 Å². The van der Waals surface area contributed by atoms with Gasteiger partial charge in [0.15, 0.2) is 0 Å². The van der Waals surface area contributed by atoms with Crippen molar-refractivity contribution in [1.29, 1.82) is 0 Å². The van der Waals surface area contributed by atoms with Crippen molar-refractivity contribution in [2.75, 3.05) is 19.6 Å². The highest BCUT2D eigenvalue weighted by atomic mass is 16.1. The number of carbonyl (C=O) groups is 1. The highest BCUT2D eigenvalue weighted by Gasteiger charge is 2.23. The van der Waals surface area contributed by atoms with Crippen molar-refractivity contribution in [3.05, 3.63) is 0 Å². The molecule has 1 saturated heterocycles.